The maximum Gasteiger partial charge on any atom is 0.0835 e. The minimum atomic E-state index is -0.446. The minimum absolute atomic E-state index is 0.446. The van der Waals surface area contributed by atoms with Crippen molar-refractivity contribution >= 4 is 0 Å². The van der Waals surface area contributed by atoms with Gasteiger partial charge in [0.15, 0.2) is 0 Å². The van der Waals surface area contributed by atoms with Gasteiger partial charge in [-0.25, -0.2) is 0 Å². The van der Waals surface area contributed by atoms with Crippen LogP contribution in [0.1, 0.15) is 33.6 Å². The third kappa shape index (κ3) is 1.60. The predicted molar refractivity (Wildman–Crippen MR) is 42.8 cm³/mol. The molecule has 1 aliphatic carbocycles. The smallest absolute Gasteiger partial charge is 0.0835 e. The van der Waals surface area contributed by atoms with E-state index in [2.05, 4.69) is 6.92 Å². The summed E-state index contributed by atoms with van der Waals surface area (Å²) in [7, 11) is 0. The Kier molecular flexibility index (Phi) is 1.86. The Labute approximate surface area is 62.8 Å². The third-order valence-electron chi connectivity index (χ3n) is 1.96. The SMILES string of the molecule is CC(C)=CC1(O)CC(C)C1. The van der Waals surface area contributed by atoms with Crippen molar-refractivity contribution in [3.63, 3.8) is 0 Å². The van der Waals surface area contributed by atoms with Crippen LogP contribution in [-0.2, 0) is 0 Å². The summed E-state index contributed by atoms with van der Waals surface area (Å²) in [4.78, 5) is 0. The number of aliphatic hydroxyl groups is 1. The van der Waals surface area contributed by atoms with E-state index in [0.717, 1.165) is 12.8 Å². The van der Waals surface area contributed by atoms with Crippen molar-refractivity contribution in [1.82, 2.24) is 0 Å². The molecule has 1 fully saturated rings. The lowest BCUT2D eigenvalue weighted by atomic mass is 9.71. The molecule has 0 atom stereocenters. The Balaban J connectivity index is 2.49. The Morgan fingerprint density at radius 1 is 1.50 bits per heavy atom. The quantitative estimate of drug-likeness (QED) is 0.553. The largest absolute Gasteiger partial charge is 0.386 e. The summed E-state index contributed by atoms with van der Waals surface area (Å²) < 4.78 is 0. The molecule has 0 aromatic rings. The van der Waals surface area contributed by atoms with Gasteiger partial charge in [-0.15, -0.1) is 0 Å². The lowest BCUT2D eigenvalue weighted by molar-refractivity contribution is -0.0245. The summed E-state index contributed by atoms with van der Waals surface area (Å²) in [5.41, 5.74) is 0.771. The Hall–Kier alpha value is -0.300. The second-order valence-corrected chi connectivity index (χ2v) is 3.84. The molecule has 1 saturated carbocycles. The summed E-state index contributed by atoms with van der Waals surface area (Å²) in [6, 6.07) is 0. The van der Waals surface area contributed by atoms with Crippen LogP contribution in [0.4, 0.5) is 0 Å². The van der Waals surface area contributed by atoms with Gasteiger partial charge in [0.25, 0.3) is 0 Å². The summed E-state index contributed by atoms with van der Waals surface area (Å²) in [6.07, 6.45) is 3.86. The van der Waals surface area contributed by atoms with E-state index in [1.807, 2.05) is 19.9 Å². The van der Waals surface area contributed by atoms with Gasteiger partial charge in [-0.05, 0) is 32.6 Å². The van der Waals surface area contributed by atoms with Crippen molar-refractivity contribution in [3.8, 4) is 0 Å². The van der Waals surface area contributed by atoms with Crippen molar-refractivity contribution in [1.29, 1.82) is 0 Å². The molecule has 0 aromatic carbocycles. The van der Waals surface area contributed by atoms with Crippen LogP contribution >= 0.6 is 0 Å². The molecular formula is C9H16O. The van der Waals surface area contributed by atoms with E-state index in [-0.39, 0.29) is 0 Å². The fourth-order valence-electron chi connectivity index (χ4n) is 1.80. The molecule has 0 unspecified atom stereocenters. The highest BCUT2D eigenvalue weighted by Crippen LogP contribution is 2.38. The first-order valence-electron chi connectivity index (χ1n) is 3.90. The van der Waals surface area contributed by atoms with E-state index in [0.29, 0.717) is 5.92 Å². The zero-order valence-electron chi connectivity index (χ0n) is 7.02. The molecule has 0 heterocycles. The van der Waals surface area contributed by atoms with Crippen molar-refractivity contribution < 1.29 is 5.11 Å². The summed E-state index contributed by atoms with van der Waals surface area (Å²) in [6.45, 7) is 6.23. The van der Waals surface area contributed by atoms with E-state index in [9.17, 15) is 5.11 Å². The molecule has 0 radical (unpaired) electrons. The molecule has 0 saturated heterocycles. The summed E-state index contributed by atoms with van der Waals surface area (Å²) in [5, 5.41) is 9.67. The van der Waals surface area contributed by atoms with E-state index in [4.69, 9.17) is 0 Å². The minimum Gasteiger partial charge on any atom is -0.386 e. The fraction of sp³-hybridized carbons (Fsp3) is 0.778. The van der Waals surface area contributed by atoms with Gasteiger partial charge in [0, 0.05) is 0 Å². The average Bonchev–Trinajstić information content (AvgIpc) is 1.57. The van der Waals surface area contributed by atoms with Gasteiger partial charge in [0.1, 0.15) is 0 Å². The van der Waals surface area contributed by atoms with Crippen molar-refractivity contribution in [2.24, 2.45) is 5.92 Å². The van der Waals surface area contributed by atoms with E-state index >= 15 is 0 Å². The molecule has 0 spiro atoms. The van der Waals surface area contributed by atoms with Crippen LogP contribution in [0.5, 0.6) is 0 Å². The molecule has 1 aliphatic rings. The molecule has 0 bridgehead atoms. The topological polar surface area (TPSA) is 20.2 Å². The van der Waals surface area contributed by atoms with Crippen LogP contribution in [0.25, 0.3) is 0 Å². The van der Waals surface area contributed by atoms with Crippen LogP contribution in [0, 0.1) is 5.92 Å². The zero-order chi connectivity index (χ0) is 7.78. The fourth-order valence-corrected chi connectivity index (χ4v) is 1.80. The van der Waals surface area contributed by atoms with Crippen LogP contribution in [-0.4, -0.2) is 10.7 Å². The highest BCUT2D eigenvalue weighted by molar-refractivity contribution is 5.12. The first kappa shape index (κ1) is 7.80. The van der Waals surface area contributed by atoms with Gasteiger partial charge in [0.2, 0.25) is 0 Å². The van der Waals surface area contributed by atoms with Gasteiger partial charge >= 0.3 is 0 Å². The number of allylic oxidation sites excluding steroid dienone is 1. The maximum absolute atomic E-state index is 9.67. The number of rotatable bonds is 1. The Morgan fingerprint density at radius 3 is 2.30 bits per heavy atom. The normalized spacial score (nSPS) is 38.6. The van der Waals surface area contributed by atoms with Crippen molar-refractivity contribution in [3.05, 3.63) is 11.6 Å². The molecule has 1 rings (SSSR count). The lowest BCUT2D eigenvalue weighted by Crippen LogP contribution is -2.40. The van der Waals surface area contributed by atoms with Crippen molar-refractivity contribution in [2.45, 2.75) is 39.2 Å². The lowest BCUT2D eigenvalue weighted by Gasteiger charge is -2.40. The van der Waals surface area contributed by atoms with Gasteiger partial charge in [-0.3, -0.25) is 0 Å². The highest BCUT2D eigenvalue weighted by atomic mass is 16.3. The molecular weight excluding hydrogens is 124 g/mol. The molecule has 10 heavy (non-hydrogen) atoms. The first-order chi connectivity index (χ1) is 4.52. The van der Waals surface area contributed by atoms with E-state index in [1.165, 1.54) is 5.57 Å². The van der Waals surface area contributed by atoms with Crippen LogP contribution in [0.3, 0.4) is 0 Å². The van der Waals surface area contributed by atoms with Crippen molar-refractivity contribution in [2.75, 3.05) is 0 Å². The first-order valence-corrected chi connectivity index (χ1v) is 3.90. The predicted octanol–water partition coefficient (Wildman–Crippen LogP) is 2.11. The van der Waals surface area contributed by atoms with Gasteiger partial charge in [0.05, 0.1) is 5.60 Å². The molecule has 0 amide bonds. The molecule has 1 nitrogen and oxygen atoms in total. The number of hydrogen-bond donors (Lipinski definition) is 1. The summed E-state index contributed by atoms with van der Waals surface area (Å²) in [5.74, 6) is 0.709. The molecule has 0 aliphatic heterocycles. The second kappa shape index (κ2) is 2.39. The monoisotopic (exact) mass is 140 g/mol. The standard InChI is InChI=1S/C9H16O/c1-7(2)4-9(10)5-8(3)6-9/h4,8,10H,5-6H2,1-3H3. The second-order valence-electron chi connectivity index (χ2n) is 3.84. The van der Waals surface area contributed by atoms with E-state index < -0.39 is 5.60 Å². The maximum atomic E-state index is 9.67. The van der Waals surface area contributed by atoms with Gasteiger partial charge in [-0.2, -0.15) is 0 Å². The van der Waals surface area contributed by atoms with Crippen LogP contribution in [0.2, 0.25) is 0 Å². The molecule has 0 aromatic heterocycles. The van der Waals surface area contributed by atoms with Crippen LogP contribution in [0.15, 0.2) is 11.6 Å². The molecule has 58 valence electrons. The third-order valence-corrected chi connectivity index (χ3v) is 1.96. The summed E-state index contributed by atoms with van der Waals surface area (Å²) >= 11 is 0. The highest BCUT2D eigenvalue weighted by Gasteiger charge is 2.37. The number of hydrogen-bond acceptors (Lipinski definition) is 1. The van der Waals surface area contributed by atoms with Gasteiger partial charge in [-0.1, -0.05) is 18.6 Å². The van der Waals surface area contributed by atoms with Gasteiger partial charge < -0.3 is 5.11 Å². The van der Waals surface area contributed by atoms with E-state index in [1.54, 1.807) is 0 Å². The Bertz CT molecular complexity index is 148. The molecule has 1 N–H and O–H groups in total. The average molecular weight is 140 g/mol. The zero-order valence-corrected chi connectivity index (χ0v) is 7.02. The Morgan fingerprint density at radius 2 is 2.00 bits per heavy atom. The molecule has 1 heteroatoms. The van der Waals surface area contributed by atoms with Crippen LogP contribution < -0.4 is 0 Å².